The molecule has 0 heterocycles. The van der Waals surface area contributed by atoms with Crippen molar-refractivity contribution < 1.29 is 4.23 Å². The molecule has 0 aromatic carbocycles. The van der Waals surface area contributed by atoms with Crippen molar-refractivity contribution in [3.05, 3.63) is 0 Å². The summed E-state index contributed by atoms with van der Waals surface area (Å²) in [6.45, 7) is 0. The van der Waals surface area contributed by atoms with E-state index in [0.717, 1.165) is 45.9 Å². The van der Waals surface area contributed by atoms with Crippen LogP contribution >= 0.6 is 0 Å². The molecule has 0 spiro atoms. The van der Waals surface area contributed by atoms with Crippen LogP contribution < -0.4 is 0 Å². The Bertz CT molecular complexity index is 26.1. The molecule has 3 nitrogen and oxygen atoms in total. The summed E-state index contributed by atoms with van der Waals surface area (Å²) in [5.74, 6) is 0. The Morgan fingerprint density at radius 3 is 1.71 bits per heavy atom. The van der Waals surface area contributed by atoms with Crippen LogP contribution in [-0.4, -0.2) is 89.8 Å². The van der Waals surface area contributed by atoms with Gasteiger partial charge in [0.05, 0.1) is 0 Å². The van der Waals surface area contributed by atoms with Gasteiger partial charge in [-0.1, -0.05) is 0 Å². The van der Waals surface area contributed by atoms with E-state index in [1.807, 2.05) is 0 Å². The second-order valence-corrected chi connectivity index (χ2v) is 16.3. The average Bonchev–Trinajstić information content (AvgIpc) is 1.69. The third-order valence-corrected chi connectivity index (χ3v) is 8.08. The van der Waals surface area contributed by atoms with Crippen LogP contribution in [-0.2, 0) is 4.23 Å². The second kappa shape index (κ2) is 9.07. The van der Waals surface area contributed by atoms with E-state index in [9.17, 15) is 0 Å². The normalized spacial score (nSPS) is 9.43. The van der Waals surface area contributed by atoms with Crippen molar-refractivity contribution in [3.8, 4) is 0 Å². The van der Waals surface area contributed by atoms with Gasteiger partial charge in [-0.25, -0.2) is 0 Å². The fraction of sp³-hybridized carbons (Fsp3) is 0. The van der Waals surface area contributed by atoms with Gasteiger partial charge in [0.2, 0.25) is 0 Å². The van der Waals surface area contributed by atoms with Gasteiger partial charge in [-0.2, -0.15) is 0 Å². The predicted molar refractivity (Wildman–Crippen MR) is 29.1 cm³/mol. The van der Waals surface area contributed by atoms with Crippen LogP contribution in [0.2, 0.25) is 0 Å². The van der Waals surface area contributed by atoms with Crippen molar-refractivity contribution in [3.63, 3.8) is 0 Å². The summed E-state index contributed by atoms with van der Waals surface area (Å²) in [6.07, 6.45) is 0. The molecule has 0 unspecified atom stereocenters. The van der Waals surface area contributed by atoms with Gasteiger partial charge in [0, 0.05) is 0 Å². The molecule has 0 saturated carbocycles. The summed E-state index contributed by atoms with van der Waals surface area (Å²) in [6, 6.07) is 0. The predicted octanol–water partition coefficient (Wildman–Crippen LogP) is -2.26. The summed E-state index contributed by atoms with van der Waals surface area (Å²) < 4.78 is 14.9. The van der Waals surface area contributed by atoms with Gasteiger partial charge < -0.3 is 0 Å². The van der Waals surface area contributed by atoms with Crippen molar-refractivity contribution in [2.75, 3.05) is 0 Å². The van der Waals surface area contributed by atoms with Gasteiger partial charge in [-0.3, -0.25) is 0 Å². The summed E-state index contributed by atoms with van der Waals surface area (Å²) in [5, 5.41) is 0. The van der Waals surface area contributed by atoms with Crippen LogP contribution in [0.3, 0.4) is 0 Å². The third kappa shape index (κ3) is 9.07. The first-order valence-electron chi connectivity index (χ1n) is 1.29. The Balaban J connectivity index is 2.45. The van der Waals surface area contributed by atoms with Crippen LogP contribution in [0.15, 0.2) is 0 Å². The van der Waals surface area contributed by atoms with Crippen LogP contribution in [0.1, 0.15) is 0 Å². The van der Waals surface area contributed by atoms with Gasteiger partial charge in [-0.05, 0) is 0 Å². The summed E-state index contributed by atoms with van der Waals surface area (Å²) >= 11 is 0.210. The van der Waals surface area contributed by atoms with E-state index in [1.165, 1.54) is 0 Å². The second-order valence-electron chi connectivity index (χ2n) is 0.504. The molecule has 0 aliphatic heterocycles. The quantitative estimate of drug-likeness (QED) is 0.307. The monoisotopic (exact) mass is 530 g/mol. The summed E-state index contributed by atoms with van der Waals surface area (Å²) in [7, 11) is 0. The fourth-order valence-electron chi connectivity index (χ4n) is 0.0651. The van der Waals surface area contributed by atoms with E-state index in [-0.39, 0.29) is 0 Å². The Labute approximate surface area is 92.1 Å². The molecule has 0 rings (SSSR count). The van der Waals surface area contributed by atoms with Crippen LogP contribution in [0, 0.1) is 0 Å². The van der Waals surface area contributed by atoms with Gasteiger partial charge in [0.1, 0.15) is 0 Å². The number of hydrogen-bond acceptors (Lipinski definition) is 3. The van der Waals surface area contributed by atoms with Crippen molar-refractivity contribution in [2.45, 2.75) is 0 Å². The molecule has 0 saturated heterocycles. The maximum atomic E-state index is 5.09. The first kappa shape index (κ1) is 10.1. The molecule has 0 amide bonds. The zero-order chi connectivity index (χ0) is 5.54. The minimum atomic E-state index is -0.787. The van der Waals surface area contributed by atoms with E-state index < -0.39 is 43.9 Å². The molecular formula is H2O3Sn4. The van der Waals surface area contributed by atoms with E-state index >= 15 is 0 Å². The summed E-state index contributed by atoms with van der Waals surface area (Å²) in [4.78, 5) is 0. The molecule has 0 aromatic rings. The molecule has 0 fully saturated rings. The topological polar surface area (TPSA) is 27.7 Å². The zero-order valence-corrected chi connectivity index (χ0v) is 15.7. The van der Waals surface area contributed by atoms with Crippen molar-refractivity contribution in [1.82, 2.24) is 0 Å². The molecule has 0 atom stereocenters. The average molecular weight is 525 g/mol. The molecular weight excluding hydrogens is 523 g/mol. The minimum absolute atomic E-state index is 0.787. The van der Waals surface area contributed by atoms with Crippen LogP contribution in [0.5, 0.6) is 0 Å². The Kier molecular flexibility index (Phi) is 13.1. The first-order valence-corrected chi connectivity index (χ1v) is 8.64. The molecule has 36 valence electrons. The molecule has 0 aliphatic rings. The van der Waals surface area contributed by atoms with E-state index in [1.54, 1.807) is 0 Å². The molecule has 8 radical (unpaired) electrons. The van der Waals surface area contributed by atoms with E-state index in [0.29, 0.717) is 0 Å². The molecule has 7 heteroatoms. The van der Waals surface area contributed by atoms with Crippen LogP contribution in [0.25, 0.3) is 0 Å². The molecule has 7 heavy (non-hydrogen) atoms. The molecule has 0 aromatic heterocycles. The SMILES string of the molecule is [SnH][O][Sn][O][Sn][O][SnH]. The van der Waals surface area contributed by atoms with Gasteiger partial charge in [0.25, 0.3) is 0 Å². The van der Waals surface area contributed by atoms with Crippen LogP contribution in [0.4, 0.5) is 0 Å². The third-order valence-electron chi connectivity index (χ3n) is 0.180. The molecule has 0 aliphatic carbocycles. The Morgan fingerprint density at radius 2 is 1.43 bits per heavy atom. The number of rotatable bonds is 4. The fourth-order valence-corrected chi connectivity index (χ4v) is 15.3. The summed E-state index contributed by atoms with van der Waals surface area (Å²) in [5.41, 5.74) is 0. The standard InChI is InChI=1S/3O.4Sn.2H. The first-order chi connectivity index (χ1) is 3.41. The van der Waals surface area contributed by atoms with Crippen molar-refractivity contribution >= 4 is 89.8 Å². The maximum absolute atomic E-state index is 5.09. The van der Waals surface area contributed by atoms with Crippen molar-refractivity contribution in [2.24, 2.45) is 0 Å². The van der Waals surface area contributed by atoms with E-state index in [4.69, 9.17) is 4.23 Å². The van der Waals surface area contributed by atoms with Gasteiger partial charge in [-0.15, -0.1) is 0 Å². The van der Waals surface area contributed by atoms with E-state index in [2.05, 4.69) is 0 Å². The number of hydrogen-bond donors (Lipinski definition) is 0. The Hall–Kier alpha value is 3.07. The Morgan fingerprint density at radius 1 is 1.00 bits per heavy atom. The van der Waals surface area contributed by atoms with Crippen molar-refractivity contribution in [1.29, 1.82) is 0 Å². The molecule has 0 N–H and O–H groups in total. The van der Waals surface area contributed by atoms with Gasteiger partial charge >= 0.3 is 94.1 Å². The van der Waals surface area contributed by atoms with Gasteiger partial charge in [0.15, 0.2) is 0 Å². The molecule has 0 bridgehead atoms. The zero-order valence-electron chi connectivity index (χ0n) is 3.38.